The van der Waals surface area contributed by atoms with Gasteiger partial charge in [-0.05, 0) is 18.6 Å². The molecular weight excluding hydrogens is 240 g/mol. The van der Waals surface area contributed by atoms with Gasteiger partial charge in [-0.25, -0.2) is 0 Å². The summed E-state index contributed by atoms with van der Waals surface area (Å²) in [6.45, 7) is 2.88. The van der Waals surface area contributed by atoms with Crippen molar-refractivity contribution in [3.05, 3.63) is 23.8 Å². The van der Waals surface area contributed by atoms with Crippen molar-refractivity contribution in [2.24, 2.45) is 0 Å². The number of phenols is 1. The second kappa shape index (κ2) is 9.42. The first-order valence-electron chi connectivity index (χ1n) is 7.19. The lowest BCUT2D eigenvalue weighted by Crippen LogP contribution is -1.97. The molecule has 3 nitrogen and oxygen atoms in total. The standard InChI is InChI=1S/C16H24O3/c1-2-3-4-5-6-7-8-11-19-15-10-9-14(13-17)16(18)12-15/h9-10,12-13,18H,2-8,11H2,1H3. The number of hydrogen-bond donors (Lipinski definition) is 1. The first-order chi connectivity index (χ1) is 9.27. The van der Waals surface area contributed by atoms with Gasteiger partial charge in [-0.3, -0.25) is 4.79 Å². The Morgan fingerprint density at radius 3 is 2.42 bits per heavy atom. The van der Waals surface area contributed by atoms with Crippen molar-refractivity contribution in [3.8, 4) is 11.5 Å². The third-order valence-corrected chi connectivity index (χ3v) is 3.15. The van der Waals surface area contributed by atoms with Crippen LogP contribution in [0.1, 0.15) is 62.2 Å². The molecule has 0 aliphatic carbocycles. The lowest BCUT2D eigenvalue weighted by molar-refractivity contribution is 0.112. The molecule has 1 aromatic rings. The molecule has 19 heavy (non-hydrogen) atoms. The summed E-state index contributed by atoms with van der Waals surface area (Å²) in [6.07, 6.45) is 9.36. The number of unbranched alkanes of at least 4 members (excludes halogenated alkanes) is 6. The zero-order chi connectivity index (χ0) is 13.9. The van der Waals surface area contributed by atoms with Crippen molar-refractivity contribution in [2.75, 3.05) is 6.61 Å². The maximum atomic E-state index is 10.5. The molecule has 0 fully saturated rings. The topological polar surface area (TPSA) is 46.5 Å². The van der Waals surface area contributed by atoms with Crippen LogP contribution in [0.25, 0.3) is 0 Å². The van der Waals surface area contributed by atoms with Crippen molar-refractivity contribution >= 4 is 6.29 Å². The van der Waals surface area contributed by atoms with Crippen molar-refractivity contribution in [2.45, 2.75) is 51.9 Å². The number of carbonyl (C=O) groups is 1. The van der Waals surface area contributed by atoms with Gasteiger partial charge in [0.1, 0.15) is 11.5 Å². The van der Waals surface area contributed by atoms with Crippen LogP contribution in [-0.2, 0) is 0 Å². The highest BCUT2D eigenvalue weighted by molar-refractivity contribution is 5.79. The molecule has 0 unspecified atom stereocenters. The van der Waals surface area contributed by atoms with Gasteiger partial charge in [-0.2, -0.15) is 0 Å². The molecule has 0 bridgehead atoms. The van der Waals surface area contributed by atoms with E-state index in [1.165, 1.54) is 44.6 Å². The molecule has 1 N–H and O–H groups in total. The van der Waals surface area contributed by atoms with E-state index >= 15 is 0 Å². The molecule has 0 spiro atoms. The van der Waals surface area contributed by atoms with E-state index < -0.39 is 0 Å². The number of aldehydes is 1. The summed E-state index contributed by atoms with van der Waals surface area (Å²) >= 11 is 0. The van der Waals surface area contributed by atoms with Crippen LogP contribution in [0.4, 0.5) is 0 Å². The second-order valence-electron chi connectivity index (χ2n) is 4.81. The Labute approximate surface area is 115 Å². The van der Waals surface area contributed by atoms with E-state index in [-0.39, 0.29) is 5.75 Å². The number of phenolic OH excluding ortho intramolecular Hbond substituents is 1. The van der Waals surface area contributed by atoms with Crippen molar-refractivity contribution in [1.29, 1.82) is 0 Å². The molecule has 1 rings (SSSR count). The summed E-state index contributed by atoms with van der Waals surface area (Å²) in [5.74, 6) is 0.598. The van der Waals surface area contributed by atoms with E-state index in [9.17, 15) is 9.90 Å². The van der Waals surface area contributed by atoms with Crippen LogP contribution in [0.15, 0.2) is 18.2 Å². The van der Waals surface area contributed by atoms with E-state index in [1.807, 2.05) is 0 Å². The summed E-state index contributed by atoms with van der Waals surface area (Å²) < 4.78 is 5.54. The van der Waals surface area contributed by atoms with Crippen molar-refractivity contribution < 1.29 is 14.6 Å². The fraction of sp³-hybridized carbons (Fsp3) is 0.562. The van der Waals surface area contributed by atoms with Crippen LogP contribution in [0, 0.1) is 0 Å². The number of hydrogen-bond acceptors (Lipinski definition) is 3. The normalized spacial score (nSPS) is 10.4. The van der Waals surface area contributed by atoms with Crippen LogP contribution in [0.2, 0.25) is 0 Å². The van der Waals surface area contributed by atoms with Gasteiger partial charge in [0.2, 0.25) is 0 Å². The van der Waals surface area contributed by atoms with Gasteiger partial charge in [-0.1, -0.05) is 45.4 Å². The summed E-state index contributed by atoms with van der Waals surface area (Å²) in [5, 5.41) is 9.50. The maximum absolute atomic E-state index is 10.5. The molecule has 0 saturated heterocycles. The van der Waals surface area contributed by atoms with Crippen LogP contribution in [0.5, 0.6) is 11.5 Å². The Hall–Kier alpha value is -1.51. The smallest absolute Gasteiger partial charge is 0.153 e. The summed E-state index contributed by atoms with van der Waals surface area (Å²) in [6, 6.07) is 4.78. The molecule has 0 aromatic heterocycles. The number of rotatable bonds is 10. The first kappa shape index (κ1) is 15.5. The molecule has 0 aliphatic rings. The predicted molar refractivity (Wildman–Crippen MR) is 77.0 cm³/mol. The van der Waals surface area contributed by atoms with Gasteiger partial charge in [0.05, 0.1) is 12.2 Å². The van der Waals surface area contributed by atoms with Crippen LogP contribution < -0.4 is 4.74 Å². The van der Waals surface area contributed by atoms with Crippen LogP contribution >= 0.6 is 0 Å². The highest BCUT2D eigenvalue weighted by Crippen LogP contribution is 2.22. The Kier molecular flexibility index (Phi) is 7.71. The zero-order valence-corrected chi connectivity index (χ0v) is 11.7. The predicted octanol–water partition coefficient (Wildman–Crippen LogP) is 4.33. The Morgan fingerprint density at radius 2 is 1.79 bits per heavy atom. The third kappa shape index (κ3) is 6.27. The largest absolute Gasteiger partial charge is 0.507 e. The molecule has 1 aromatic carbocycles. The monoisotopic (exact) mass is 264 g/mol. The average Bonchev–Trinajstić information content (AvgIpc) is 2.42. The fourth-order valence-corrected chi connectivity index (χ4v) is 1.96. The van der Waals surface area contributed by atoms with E-state index in [0.717, 1.165) is 6.42 Å². The van der Waals surface area contributed by atoms with Gasteiger partial charge in [0, 0.05) is 6.07 Å². The van der Waals surface area contributed by atoms with E-state index in [1.54, 1.807) is 12.1 Å². The highest BCUT2D eigenvalue weighted by Gasteiger charge is 2.02. The SMILES string of the molecule is CCCCCCCCCOc1ccc(C=O)c(O)c1. The van der Waals surface area contributed by atoms with Gasteiger partial charge in [0.25, 0.3) is 0 Å². The van der Waals surface area contributed by atoms with Crippen LogP contribution in [0.3, 0.4) is 0 Å². The van der Waals surface area contributed by atoms with E-state index in [2.05, 4.69) is 6.92 Å². The summed E-state index contributed by atoms with van der Waals surface area (Å²) in [7, 11) is 0. The lowest BCUT2D eigenvalue weighted by Gasteiger charge is -2.07. The Bertz CT molecular complexity index is 374. The molecule has 0 heterocycles. The summed E-state index contributed by atoms with van der Waals surface area (Å²) in [5.41, 5.74) is 0.295. The van der Waals surface area contributed by atoms with E-state index in [0.29, 0.717) is 24.2 Å². The maximum Gasteiger partial charge on any atom is 0.153 e. The van der Waals surface area contributed by atoms with Gasteiger partial charge >= 0.3 is 0 Å². The van der Waals surface area contributed by atoms with Crippen molar-refractivity contribution in [3.63, 3.8) is 0 Å². The van der Waals surface area contributed by atoms with E-state index in [4.69, 9.17) is 4.74 Å². The third-order valence-electron chi connectivity index (χ3n) is 3.15. The Balaban J connectivity index is 2.12. The molecule has 0 aliphatic heterocycles. The lowest BCUT2D eigenvalue weighted by atomic mass is 10.1. The van der Waals surface area contributed by atoms with Gasteiger partial charge < -0.3 is 9.84 Å². The number of carbonyl (C=O) groups excluding carboxylic acids is 1. The number of aromatic hydroxyl groups is 1. The van der Waals surface area contributed by atoms with Gasteiger partial charge in [-0.15, -0.1) is 0 Å². The summed E-state index contributed by atoms with van der Waals surface area (Å²) in [4.78, 5) is 10.5. The average molecular weight is 264 g/mol. The number of benzene rings is 1. The molecular formula is C16H24O3. The van der Waals surface area contributed by atoms with Crippen molar-refractivity contribution in [1.82, 2.24) is 0 Å². The quantitative estimate of drug-likeness (QED) is 0.505. The molecule has 0 atom stereocenters. The minimum atomic E-state index is -0.0212. The fourth-order valence-electron chi connectivity index (χ4n) is 1.96. The minimum Gasteiger partial charge on any atom is -0.507 e. The molecule has 106 valence electrons. The Morgan fingerprint density at radius 1 is 1.11 bits per heavy atom. The molecule has 0 amide bonds. The zero-order valence-electron chi connectivity index (χ0n) is 11.7. The molecule has 0 radical (unpaired) electrons. The van der Waals surface area contributed by atoms with Crippen LogP contribution in [-0.4, -0.2) is 18.0 Å². The highest BCUT2D eigenvalue weighted by atomic mass is 16.5. The first-order valence-corrected chi connectivity index (χ1v) is 7.19. The minimum absolute atomic E-state index is 0.0212. The second-order valence-corrected chi connectivity index (χ2v) is 4.81. The molecule has 0 saturated carbocycles. The van der Waals surface area contributed by atoms with Gasteiger partial charge in [0.15, 0.2) is 6.29 Å². The number of ether oxygens (including phenoxy) is 1. The molecule has 3 heteroatoms.